The van der Waals surface area contributed by atoms with Crippen molar-refractivity contribution in [2.24, 2.45) is 11.8 Å². The van der Waals surface area contributed by atoms with Crippen LogP contribution in [0.25, 0.3) is 5.65 Å². The molecule has 0 spiro atoms. The van der Waals surface area contributed by atoms with Crippen molar-refractivity contribution >= 4 is 17.2 Å². The minimum absolute atomic E-state index is 0.130. The monoisotopic (exact) mass is 432 g/mol. The Morgan fingerprint density at radius 3 is 2.50 bits per heavy atom. The number of hydrogen-bond donors (Lipinski definition) is 1. The van der Waals surface area contributed by atoms with Crippen LogP contribution in [-0.4, -0.2) is 41.5 Å². The topological polar surface area (TPSA) is 58.9 Å². The molecular formula is C26H32N4O2. The van der Waals surface area contributed by atoms with E-state index in [4.69, 9.17) is 4.74 Å². The summed E-state index contributed by atoms with van der Waals surface area (Å²) in [4.78, 5) is 19.7. The molecule has 168 valence electrons. The van der Waals surface area contributed by atoms with Crippen LogP contribution in [0.4, 0.5) is 5.69 Å². The minimum atomic E-state index is -0.130. The van der Waals surface area contributed by atoms with Crippen LogP contribution < -0.4 is 15.0 Å². The zero-order valence-corrected chi connectivity index (χ0v) is 19.0. The van der Waals surface area contributed by atoms with E-state index in [1.807, 2.05) is 48.7 Å². The molecule has 0 bridgehead atoms. The number of ether oxygens (including phenoxy) is 1. The number of aromatic nitrogens is 2. The first-order chi connectivity index (χ1) is 15.6. The summed E-state index contributed by atoms with van der Waals surface area (Å²) in [6.45, 7) is 7.12. The normalized spacial score (nSPS) is 20.4. The van der Waals surface area contributed by atoms with E-state index in [1.54, 1.807) is 0 Å². The summed E-state index contributed by atoms with van der Waals surface area (Å²) in [5.41, 5.74) is 4.47. The largest absolute Gasteiger partial charge is 0.492 e. The summed E-state index contributed by atoms with van der Waals surface area (Å²) in [5.74, 6) is 2.46. The lowest BCUT2D eigenvalue weighted by Crippen LogP contribution is -2.29. The maximum absolute atomic E-state index is 12.7. The van der Waals surface area contributed by atoms with Crippen molar-refractivity contribution in [3.05, 3.63) is 59.5 Å². The summed E-state index contributed by atoms with van der Waals surface area (Å²) in [7, 11) is 0. The molecule has 1 amide bonds. The van der Waals surface area contributed by atoms with Gasteiger partial charge in [0.25, 0.3) is 5.91 Å². The molecule has 32 heavy (non-hydrogen) atoms. The molecule has 2 aliphatic rings. The van der Waals surface area contributed by atoms with Gasteiger partial charge in [-0.3, -0.25) is 9.20 Å². The van der Waals surface area contributed by atoms with Crippen molar-refractivity contribution in [3.8, 4) is 5.75 Å². The molecule has 1 aromatic carbocycles. The van der Waals surface area contributed by atoms with Gasteiger partial charge in [-0.05, 0) is 74.4 Å². The van der Waals surface area contributed by atoms with Crippen LogP contribution >= 0.6 is 0 Å². The lowest BCUT2D eigenvalue weighted by molar-refractivity contribution is 0.0940. The fraction of sp³-hybridized carbons (Fsp3) is 0.462. The molecular weight excluding hydrogens is 400 g/mol. The number of pyridine rings is 1. The van der Waals surface area contributed by atoms with Gasteiger partial charge in [0.2, 0.25) is 0 Å². The quantitative estimate of drug-likeness (QED) is 0.587. The van der Waals surface area contributed by atoms with Crippen LogP contribution in [0.15, 0.2) is 42.6 Å². The standard InChI is InChI=1S/C26H32N4O2/c1-18-7-12-24-28-19(2)25(30(24)15-18)26(31)27-13-14-32-23-10-8-22(9-11-23)29-16-20-5-3-4-6-21(20)17-29/h7-12,15,20-21H,3-6,13-14,16-17H2,1-2H3,(H,27,31). The predicted molar refractivity (Wildman–Crippen MR) is 127 cm³/mol. The molecule has 6 heteroatoms. The second-order valence-electron chi connectivity index (χ2n) is 9.29. The number of carbonyl (C=O) groups is 1. The van der Waals surface area contributed by atoms with Crippen molar-refractivity contribution < 1.29 is 9.53 Å². The molecule has 1 aliphatic carbocycles. The molecule has 2 unspecified atom stereocenters. The van der Waals surface area contributed by atoms with Crippen molar-refractivity contribution in [2.45, 2.75) is 39.5 Å². The lowest BCUT2D eigenvalue weighted by atomic mass is 9.82. The van der Waals surface area contributed by atoms with Crippen LogP contribution in [0.3, 0.4) is 0 Å². The molecule has 3 heterocycles. The SMILES string of the molecule is Cc1ccc2nc(C)c(C(=O)NCCOc3ccc(N4CC5CCCCC5C4)cc3)n2c1. The van der Waals surface area contributed by atoms with Crippen LogP contribution in [0.5, 0.6) is 5.75 Å². The second kappa shape index (κ2) is 8.85. The van der Waals surface area contributed by atoms with Gasteiger partial charge < -0.3 is 15.0 Å². The van der Waals surface area contributed by atoms with Gasteiger partial charge >= 0.3 is 0 Å². The molecule has 6 nitrogen and oxygen atoms in total. The summed E-state index contributed by atoms with van der Waals surface area (Å²) >= 11 is 0. The number of aryl methyl sites for hydroxylation is 2. The molecule has 0 radical (unpaired) electrons. The van der Waals surface area contributed by atoms with Crippen LogP contribution in [0.1, 0.15) is 47.4 Å². The fourth-order valence-corrected chi connectivity index (χ4v) is 5.33. The Bertz CT molecular complexity index is 1090. The fourth-order valence-electron chi connectivity index (χ4n) is 5.33. The Morgan fingerprint density at radius 1 is 1.06 bits per heavy atom. The summed E-state index contributed by atoms with van der Waals surface area (Å²) in [5, 5.41) is 2.96. The van der Waals surface area contributed by atoms with E-state index in [2.05, 4.69) is 27.3 Å². The van der Waals surface area contributed by atoms with E-state index in [9.17, 15) is 4.79 Å². The van der Waals surface area contributed by atoms with E-state index in [-0.39, 0.29) is 5.91 Å². The molecule has 2 atom stereocenters. The van der Waals surface area contributed by atoms with Gasteiger partial charge in [-0.1, -0.05) is 18.9 Å². The molecule has 1 saturated carbocycles. The van der Waals surface area contributed by atoms with Crippen molar-refractivity contribution in [3.63, 3.8) is 0 Å². The highest BCUT2D eigenvalue weighted by atomic mass is 16.5. The Labute approximate surface area is 189 Å². The second-order valence-corrected chi connectivity index (χ2v) is 9.29. The van der Waals surface area contributed by atoms with Gasteiger partial charge in [-0.2, -0.15) is 0 Å². The molecule has 1 N–H and O–H groups in total. The number of rotatable bonds is 6. The van der Waals surface area contributed by atoms with Crippen molar-refractivity contribution in [1.82, 2.24) is 14.7 Å². The maximum atomic E-state index is 12.7. The van der Waals surface area contributed by atoms with E-state index >= 15 is 0 Å². The Hall–Kier alpha value is -3.02. The lowest BCUT2D eigenvalue weighted by Gasteiger charge is -2.22. The smallest absolute Gasteiger partial charge is 0.270 e. The van der Waals surface area contributed by atoms with Gasteiger partial charge in [-0.15, -0.1) is 0 Å². The number of imidazole rings is 1. The average Bonchev–Trinajstić information content (AvgIpc) is 3.37. The van der Waals surface area contributed by atoms with Crippen molar-refractivity contribution in [2.75, 3.05) is 31.1 Å². The van der Waals surface area contributed by atoms with Crippen LogP contribution in [-0.2, 0) is 0 Å². The molecule has 2 aromatic heterocycles. The Morgan fingerprint density at radius 2 is 1.78 bits per heavy atom. The molecule has 2 fully saturated rings. The third-order valence-corrected chi connectivity index (χ3v) is 6.99. The highest BCUT2D eigenvalue weighted by molar-refractivity contribution is 5.94. The highest BCUT2D eigenvalue weighted by Crippen LogP contribution is 2.38. The van der Waals surface area contributed by atoms with E-state index < -0.39 is 0 Å². The summed E-state index contributed by atoms with van der Waals surface area (Å²) in [6, 6.07) is 12.3. The van der Waals surface area contributed by atoms with E-state index in [1.165, 1.54) is 44.5 Å². The maximum Gasteiger partial charge on any atom is 0.270 e. The van der Waals surface area contributed by atoms with Gasteiger partial charge in [-0.25, -0.2) is 4.98 Å². The third-order valence-electron chi connectivity index (χ3n) is 6.99. The predicted octanol–water partition coefficient (Wildman–Crippen LogP) is 4.39. The number of amides is 1. The van der Waals surface area contributed by atoms with Gasteiger partial charge in [0, 0.05) is 25.0 Å². The Kier molecular flexibility index (Phi) is 5.77. The molecule has 3 aromatic rings. The zero-order valence-electron chi connectivity index (χ0n) is 19.0. The van der Waals surface area contributed by atoms with Crippen LogP contribution in [0.2, 0.25) is 0 Å². The number of benzene rings is 1. The van der Waals surface area contributed by atoms with Crippen LogP contribution in [0, 0.1) is 25.7 Å². The number of anilines is 1. The molecule has 1 saturated heterocycles. The molecule has 1 aliphatic heterocycles. The number of hydrogen-bond acceptors (Lipinski definition) is 4. The number of nitrogens with zero attached hydrogens (tertiary/aromatic N) is 3. The van der Waals surface area contributed by atoms with Gasteiger partial charge in [0.05, 0.1) is 12.2 Å². The average molecular weight is 433 g/mol. The van der Waals surface area contributed by atoms with E-state index in [0.717, 1.165) is 34.5 Å². The van der Waals surface area contributed by atoms with Gasteiger partial charge in [0.1, 0.15) is 23.7 Å². The third kappa shape index (κ3) is 4.18. The first-order valence-electron chi connectivity index (χ1n) is 11.8. The zero-order chi connectivity index (χ0) is 22.1. The number of fused-ring (bicyclic) bond motifs is 2. The minimum Gasteiger partial charge on any atom is -0.492 e. The number of nitrogens with one attached hydrogen (secondary N) is 1. The summed E-state index contributed by atoms with van der Waals surface area (Å²) < 4.78 is 7.72. The van der Waals surface area contributed by atoms with Crippen molar-refractivity contribution in [1.29, 1.82) is 0 Å². The first kappa shape index (κ1) is 20.9. The van der Waals surface area contributed by atoms with Gasteiger partial charge in [0.15, 0.2) is 0 Å². The number of carbonyl (C=O) groups excluding carboxylic acids is 1. The van der Waals surface area contributed by atoms with E-state index in [0.29, 0.717) is 18.8 Å². The highest BCUT2D eigenvalue weighted by Gasteiger charge is 2.34. The first-order valence-corrected chi connectivity index (χ1v) is 11.8. The Balaban J connectivity index is 1.13. The molecule has 5 rings (SSSR count). The summed E-state index contributed by atoms with van der Waals surface area (Å²) in [6.07, 6.45) is 7.52.